The second kappa shape index (κ2) is 7.90. The maximum atomic E-state index is 12.2. The number of imidazole rings is 1. The largest absolute Gasteiger partial charge is 0.369 e. The lowest BCUT2D eigenvalue weighted by Crippen LogP contribution is -2.44. The van der Waals surface area contributed by atoms with E-state index in [1.165, 1.54) is 11.3 Å². The van der Waals surface area contributed by atoms with Crippen LogP contribution in [0.3, 0.4) is 0 Å². The Balaban J connectivity index is 1.35. The van der Waals surface area contributed by atoms with E-state index in [0.29, 0.717) is 0 Å². The molecule has 33 heavy (non-hydrogen) atoms. The molecule has 0 bridgehead atoms. The van der Waals surface area contributed by atoms with Crippen LogP contribution in [-0.4, -0.2) is 52.5 Å². The summed E-state index contributed by atoms with van der Waals surface area (Å²) in [5, 5.41) is 1.00. The number of nitrogens with one attached hydrogen (secondary N) is 1. The number of nitrogens with zero attached hydrogens (tertiary/aromatic N) is 4. The molecule has 0 amide bonds. The highest BCUT2D eigenvalue weighted by molar-refractivity contribution is 5.93. The van der Waals surface area contributed by atoms with Crippen LogP contribution in [0, 0.1) is 0 Å². The number of fused-ring (bicyclic) bond motifs is 2. The number of likely N-dealkylation sites (N-methyl/N-ethyl adjacent to an activating group) is 1. The van der Waals surface area contributed by atoms with Gasteiger partial charge in [0.15, 0.2) is 0 Å². The summed E-state index contributed by atoms with van der Waals surface area (Å²) in [5.74, 6) is 0. The lowest BCUT2D eigenvalue weighted by Gasteiger charge is -2.34. The summed E-state index contributed by atoms with van der Waals surface area (Å²) < 4.78 is 2.04. The zero-order valence-electron chi connectivity index (χ0n) is 18.5. The van der Waals surface area contributed by atoms with E-state index >= 15 is 0 Å². The highest BCUT2D eigenvalue weighted by Crippen LogP contribution is 2.29. The van der Waals surface area contributed by atoms with E-state index in [2.05, 4.69) is 63.2 Å². The van der Waals surface area contributed by atoms with E-state index in [4.69, 9.17) is 0 Å². The van der Waals surface area contributed by atoms with Crippen molar-refractivity contribution >= 4 is 22.2 Å². The highest BCUT2D eigenvalue weighted by atomic mass is 16.1. The molecule has 0 aliphatic carbocycles. The van der Waals surface area contributed by atoms with Crippen molar-refractivity contribution in [2.75, 3.05) is 38.1 Å². The fourth-order valence-electron chi connectivity index (χ4n) is 4.71. The summed E-state index contributed by atoms with van der Waals surface area (Å²) in [6.45, 7) is 4.33. The Bertz CT molecular complexity index is 1510. The van der Waals surface area contributed by atoms with Crippen LogP contribution in [0.5, 0.6) is 0 Å². The molecule has 1 fully saturated rings. The Hall–Kier alpha value is -3.90. The highest BCUT2D eigenvalue weighted by Gasteiger charge is 2.15. The smallest absolute Gasteiger partial charge is 0.249 e. The number of benzene rings is 2. The molecule has 2 aromatic carbocycles. The minimum Gasteiger partial charge on any atom is -0.369 e. The summed E-state index contributed by atoms with van der Waals surface area (Å²) >= 11 is 0. The average Bonchev–Trinajstić information content (AvgIpc) is 3.27. The number of hydrogen-bond donors (Lipinski definition) is 1. The van der Waals surface area contributed by atoms with E-state index in [1.807, 2.05) is 41.1 Å². The van der Waals surface area contributed by atoms with Gasteiger partial charge in [-0.15, -0.1) is 0 Å². The topological polar surface area (TPSA) is 56.6 Å². The summed E-state index contributed by atoms with van der Waals surface area (Å²) in [5.41, 5.74) is 6.92. The van der Waals surface area contributed by atoms with Crippen LogP contribution in [0.15, 0.2) is 83.9 Å². The van der Waals surface area contributed by atoms with Gasteiger partial charge in [0.2, 0.25) is 5.56 Å². The first-order valence-corrected chi connectivity index (χ1v) is 11.3. The molecule has 3 aromatic heterocycles. The predicted molar refractivity (Wildman–Crippen MR) is 134 cm³/mol. The van der Waals surface area contributed by atoms with Crippen molar-refractivity contribution in [2.45, 2.75) is 0 Å². The Kier molecular flexibility index (Phi) is 4.73. The molecule has 0 radical (unpaired) electrons. The second-order valence-corrected chi connectivity index (χ2v) is 8.72. The van der Waals surface area contributed by atoms with Crippen LogP contribution in [0.4, 0.5) is 5.69 Å². The third-order valence-corrected chi connectivity index (χ3v) is 6.61. The van der Waals surface area contributed by atoms with E-state index in [9.17, 15) is 4.79 Å². The molecule has 1 saturated heterocycles. The van der Waals surface area contributed by atoms with Gasteiger partial charge in [-0.25, -0.2) is 4.98 Å². The molecule has 5 aromatic rings. The maximum Gasteiger partial charge on any atom is 0.249 e. The number of rotatable bonds is 3. The van der Waals surface area contributed by atoms with Crippen LogP contribution in [-0.2, 0) is 0 Å². The third-order valence-electron chi connectivity index (χ3n) is 6.61. The monoisotopic (exact) mass is 435 g/mol. The average molecular weight is 436 g/mol. The molecule has 6 heteroatoms. The van der Waals surface area contributed by atoms with Crippen molar-refractivity contribution in [3.8, 4) is 22.4 Å². The van der Waals surface area contributed by atoms with Gasteiger partial charge in [0, 0.05) is 60.6 Å². The van der Waals surface area contributed by atoms with Crippen molar-refractivity contribution in [1.82, 2.24) is 19.3 Å². The van der Waals surface area contributed by atoms with Gasteiger partial charge in [-0.05, 0) is 48.5 Å². The number of piperazine rings is 1. The first-order valence-electron chi connectivity index (χ1n) is 11.3. The van der Waals surface area contributed by atoms with Crippen molar-refractivity contribution in [3.05, 3.63) is 89.5 Å². The third kappa shape index (κ3) is 3.58. The van der Waals surface area contributed by atoms with Gasteiger partial charge in [0.25, 0.3) is 0 Å². The first-order chi connectivity index (χ1) is 16.2. The van der Waals surface area contributed by atoms with Crippen LogP contribution < -0.4 is 10.5 Å². The molecule has 0 unspecified atom stereocenters. The fraction of sp³-hybridized carbons (Fsp3) is 0.185. The number of aromatic amines is 1. The molecule has 0 saturated carbocycles. The first kappa shape index (κ1) is 19.8. The lowest BCUT2D eigenvalue weighted by molar-refractivity contribution is 0.313. The summed E-state index contributed by atoms with van der Waals surface area (Å²) in [6.07, 6.45) is 3.88. The van der Waals surface area contributed by atoms with E-state index < -0.39 is 0 Å². The van der Waals surface area contributed by atoms with E-state index in [0.717, 1.165) is 59.5 Å². The lowest BCUT2D eigenvalue weighted by atomic mass is 10.1. The van der Waals surface area contributed by atoms with Crippen molar-refractivity contribution in [2.24, 2.45) is 0 Å². The molecular weight excluding hydrogens is 410 g/mol. The molecule has 1 aliphatic heterocycles. The normalized spacial score (nSPS) is 14.9. The van der Waals surface area contributed by atoms with Gasteiger partial charge in [-0.2, -0.15) is 0 Å². The SMILES string of the molecule is CN1CCN(c2ccc(-c3ccn4c(-c5cc(=O)[nH]c6ccccc56)cnc4c3)cc2)CC1. The van der Waals surface area contributed by atoms with Crippen LogP contribution in [0.2, 0.25) is 0 Å². The van der Waals surface area contributed by atoms with Gasteiger partial charge in [0.05, 0.1) is 11.9 Å². The van der Waals surface area contributed by atoms with Gasteiger partial charge < -0.3 is 14.8 Å². The van der Waals surface area contributed by atoms with Crippen LogP contribution >= 0.6 is 0 Å². The summed E-state index contributed by atoms with van der Waals surface area (Å²) in [4.78, 5) is 24.6. The van der Waals surface area contributed by atoms with Crippen LogP contribution in [0.1, 0.15) is 0 Å². The molecule has 0 spiro atoms. The minimum atomic E-state index is -0.115. The molecule has 1 N–H and O–H groups in total. The van der Waals surface area contributed by atoms with E-state index in [1.54, 1.807) is 6.07 Å². The zero-order chi connectivity index (χ0) is 22.4. The zero-order valence-corrected chi connectivity index (χ0v) is 18.5. The number of anilines is 1. The Labute approximate surface area is 191 Å². The maximum absolute atomic E-state index is 12.2. The predicted octanol–water partition coefficient (Wildman–Crippen LogP) is 4.26. The molecule has 4 heterocycles. The Morgan fingerprint density at radius 1 is 0.879 bits per heavy atom. The number of aromatic nitrogens is 3. The fourth-order valence-corrected chi connectivity index (χ4v) is 4.71. The standard InChI is InChI=1S/C27H25N5O/c1-30-12-14-31(15-13-30)21-8-6-19(7-9-21)20-10-11-32-25(18-28-26(32)16-20)23-17-27(33)29-24-5-3-2-4-22(23)24/h2-11,16-18H,12-15H2,1H3,(H,29,33). The molecule has 0 atom stereocenters. The van der Waals surface area contributed by atoms with Crippen molar-refractivity contribution in [3.63, 3.8) is 0 Å². The summed E-state index contributed by atoms with van der Waals surface area (Å²) in [6, 6.07) is 22.5. The number of para-hydroxylation sites is 1. The molecule has 164 valence electrons. The number of pyridine rings is 2. The van der Waals surface area contributed by atoms with Gasteiger partial charge >= 0.3 is 0 Å². The molecular formula is C27H25N5O. The molecule has 1 aliphatic rings. The minimum absolute atomic E-state index is 0.115. The van der Waals surface area contributed by atoms with Crippen LogP contribution in [0.25, 0.3) is 38.9 Å². The Morgan fingerprint density at radius 3 is 2.48 bits per heavy atom. The second-order valence-electron chi connectivity index (χ2n) is 8.72. The Morgan fingerprint density at radius 2 is 1.67 bits per heavy atom. The quantitative estimate of drug-likeness (QED) is 0.460. The molecule has 6 nitrogen and oxygen atoms in total. The van der Waals surface area contributed by atoms with E-state index in [-0.39, 0.29) is 5.56 Å². The summed E-state index contributed by atoms with van der Waals surface area (Å²) in [7, 11) is 2.18. The van der Waals surface area contributed by atoms with Gasteiger partial charge in [0.1, 0.15) is 5.65 Å². The molecule has 6 rings (SSSR count). The number of hydrogen-bond acceptors (Lipinski definition) is 4. The van der Waals surface area contributed by atoms with Gasteiger partial charge in [-0.3, -0.25) is 9.20 Å². The number of H-pyrrole nitrogens is 1. The van der Waals surface area contributed by atoms with Crippen molar-refractivity contribution < 1.29 is 0 Å². The van der Waals surface area contributed by atoms with Gasteiger partial charge in [-0.1, -0.05) is 30.3 Å². The van der Waals surface area contributed by atoms with Crippen molar-refractivity contribution in [1.29, 1.82) is 0 Å².